The van der Waals surface area contributed by atoms with Gasteiger partial charge in [-0.3, -0.25) is 4.98 Å². The normalized spacial score (nSPS) is 10.7. The summed E-state index contributed by atoms with van der Waals surface area (Å²) in [5, 5.41) is 8.32. The Labute approximate surface area is 139 Å². The summed E-state index contributed by atoms with van der Waals surface area (Å²) < 4.78 is 5.28. The van der Waals surface area contributed by atoms with Crippen molar-refractivity contribution in [3.63, 3.8) is 0 Å². The Morgan fingerprint density at radius 3 is 2.12 bits per heavy atom. The first-order valence-corrected chi connectivity index (χ1v) is 7.41. The minimum atomic E-state index is -0.447. The number of aryl methyl sites for hydroxylation is 1. The van der Waals surface area contributed by atoms with Gasteiger partial charge in [-0.05, 0) is 55.5 Å². The number of pyridine rings is 1. The van der Waals surface area contributed by atoms with Gasteiger partial charge in [-0.1, -0.05) is 17.7 Å². The van der Waals surface area contributed by atoms with Gasteiger partial charge in [-0.25, -0.2) is 4.79 Å². The monoisotopic (exact) mass is 317 g/mol. The molecule has 0 aliphatic carbocycles. The summed E-state index contributed by atoms with van der Waals surface area (Å²) in [5.41, 5.74) is 3.04. The molecule has 0 amide bonds. The standard InChI is InChI=1S/C19H15N3O2/c1-14-4-6-16(7-5-14)21-22-17-8-10-18(11-9-17)24-19(23)15-3-2-12-20-13-15/h2-13H,1H3. The number of ether oxygens (including phenoxy) is 1. The number of carbonyl (C=O) groups excluding carboxylic acids is 1. The van der Waals surface area contributed by atoms with E-state index in [1.807, 2.05) is 31.2 Å². The molecule has 2 aromatic carbocycles. The second kappa shape index (κ2) is 7.28. The predicted octanol–water partition coefficient (Wildman–Crippen LogP) is 5.02. The second-order valence-electron chi connectivity index (χ2n) is 5.16. The van der Waals surface area contributed by atoms with Gasteiger partial charge in [0.15, 0.2) is 0 Å². The molecule has 3 rings (SSSR count). The van der Waals surface area contributed by atoms with Crippen molar-refractivity contribution in [2.24, 2.45) is 10.2 Å². The van der Waals surface area contributed by atoms with Crippen LogP contribution in [0, 0.1) is 6.92 Å². The topological polar surface area (TPSA) is 63.9 Å². The van der Waals surface area contributed by atoms with E-state index in [2.05, 4.69) is 15.2 Å². The first-order valence-electron chi connectivity index (χ1n) is 7.41. The van der Waals surface area contributed by atoms with Gasteiger partial charge in [0.1, 0.15) is 5.75 Å². The molecule has 0 bridgehead atoms. The molecular weight excluding hydrogens is 302 g/mol. The molecule has 0 unspecified atom stereocenters. The first kappa shape index (κ1) is 15.6. The maximum atomic E-state index is 11.9. The van der Waals surface area contributed by atoms with Gasteiger partial charge in [0.25, 0.3) is 0 Å². The van der Waals surface area contributed by atoms with E-state index in [0.717, 1.165) is 5.69 Å². The fraction of sp³-hybridized carbons (Fsp3) is 0.0526. The van der Waals surface area contributed by atoms with E-state index in [1.165, 1.54) is 11.8 Å². The summed E-state index contributed by atoms with van der Waals surface area (Å²) in [7, 11) is 0. The fourth-order valence-corrected chi connectivity index (χ4v) is 1.96. The molecule has 0 saturated carbocycles. The van der Waals surface area contributed by atoms with Crippen molar-refractivity contribution in [1.29, 1.82) is 0 Å². The zero-order chi connectivity index (χ0) is 16.8. The second-order valence-corrected chi connectivity index (χ2v) is 5.16. The number of hydrogen-bond donors (Lipinski definition) is 0. The quantitative estimate of drug-likeness (QED) is 0.385. The molecule has 1 aromatic heterocycles. The number of azo groups is 1. The number of esters is 1. The number of nitrogens with zero attached hydrogens (tertiary/aromatic N) is 3. The average molecular weight is 317 g/mol. The fourth-order valence-electron chi connectivity index (χ4n) is 1.96. The van der Waals surface area contributed by atoms with E-state index in [4.69, 9.17) is 4.74 Å². The number of carbonyl (C=O) groups is 1. The highest BCUT2D eigenvalue weighted by atomic mass is 16.5. The lowest BCUT2D eigenvalue weighted by molar-refractivity contribution is 0.0734. The van der Waals surface area contributed by atoms with Crippen LogP contribution in [0.5, 0.6) is 5.75 Å². The van der Waals surface area contributed by atoms with Crippen molar-refractivity contribution in [2.75, 3.05) is 0 Å². The molecule has 3 aromatic rings. The average Bonchev–Trinajstić information content (AvgIpc) is 2.63. The lowest BCUT2D eigenvalue weighted by Crippen LogP contribution is -2.08. The Morgan fingerprint density at radius 1 is 0.917 bits per heavy atom. The molecule has 5 heteroatoms. The van der Waals surface area contributed by atoms with Gasteiger partial charge in [0.2, 0.25) is 0 Å². The summed E-state index contributed by atoms with van der Waals surface area (Å²) in [5.74, 6) is -0.00438. The van der Waals surface area contributed by atoms with E-state index >= 15 is 0 Å². The highest BCUT2D eigenvalue weighted by Crippen LogP contribution is 2.22. The van der Waals surface area contributed by atoms with E-state index in [-0.39, 0.29) is 0 Å². The third kappa shape index (κ3) is 4.10. The SMILES string of the molecule is Cc1ccc(N=Nc2ccc(OC(=O)c3cccnc3)cc2)cc1. The van der Waals surface area contributed by atoms with E-state index in [1.54, 1.807) is 42.6 Å². The molecule has 0 N–H and O–H groups in total. The van der Waals surface area contributed by atoms with Crippen LogP contribution in [-0.2, 0) is 0 Å². The van der Waals surface area contributed by atoms with Gasteiger partial charge in [-0.15, -0.1) is 0 Å². The van der Waals surface area contributed by atoms with Gasteiger partial charge >= 0.3 is 5.97 Å². The van der Waals surface area contributed by atoms with Gasteiger partial charge < -0.3 is 4.74 Å². The highest BCUT2D eigenvalue weighted by molar-refractivity contribution is 5.90. The maximum Gasteiger partial charge on any atom is 0.345 e. The van der Waals surface area contributed by atoms with Crippen molar-refractivity contribution in [2.45, 2.75) is 6.92 Å². The van der Waals surface area contributed by atoms with Gasteiger partial charge in [-0.2, -0.15) is 10.2 Å². The van der Waals surface area contributed by atoms with Crippen molar-refractivity contribution >= 4 is 17.3 Å². The Kier molecular flexibility index (Phi) is 4.72. The van der Waals surface area contributed by atoms with E-state index in [0.29, 0.717) is 17.0 Å². The Balaban J connectivity index is 1.65. The van der Waals surface area contributed by atoms with Crippen molar-refractivity contribution in [3.8, 4) is 5.75 Å². The Bertz CT molecular complexity index is 842. The van der Waals surface area contributed by atoms with E-state index < -0.39 is 5.97 Å². The molecule has 118 valence electrons. The number of rotatable bonds is 4. The van der Waals surface area contributed by atoms with Gasteiger partial charge in [0.05, 0.1) is 16.9 Å². The Morgan fingerprint density at radius 2 is 1.54 bits per heavy atom. The predicted molar refractivity (Wildman–Crippen MR) is 91.0 cm³/mol. The molecule has 0 aliphatic rings. The molecule has 0 fully saturated rings. The molecule has 0 radical (unpaired) electrons. The van der Waals surface area contributed by atoms with Crippen LogP contribution in [-0.4, -0.2) is 11.0 Å². The molecule has 0 atom stereocenters. The number of hydrogen-bond acceptors (Lipinski definition) is 5. The molecule has 0 spiro atoms. The van der Waals surface area contributed by atoms with Crippen LogP contribution in [0.4, 0.5) is 11.4 Å². The van der Waals surface area contributed by atoms with Crippen molar-refractivity contribution < 1.29 is 9.53 Å². The van der Waals surface area contributed by atoms with Crippen LogP contribution >= 0.6 is 0 Å². The largest absolute Gasteiger partial charge is 0.423 e. The lowest BCUT2D eigenvalue weighted by Gasteiger charge is -2.03. The summed E-state index contributed by atoms with van der Waals surface area (Å²) in [4.78, 5) is 15.8. The minimum absolute atomic E-state index is 0.403. The lowest BCUT2D eigenvalue weighted by atomic mass is 10.2. The summed E-state index contributed by atoms with van der Waals surface area (Å²) in [6, 6.07) is 17.9. The third-order valence-corrected chi connectivity index (χ3v) is 3.26. The van der Waals surface area contributed by atoms with Crippen LogP contribution in [0.2, 0.25) is 0 Å². The zero-order valence-corrected chi connectivity index (χ0v) is 13.1. The van der Waals surface area contributed by atoms with E-state index in [9.17, 15) is 4.79 Å². The third-order valence-electron chi connectivity index (χ3n) is 3.26. The minimum Gasteiger partial charge on any atom is -0.423 e. The smallest absolute Gasteiger partial charge is 0.345 e. The van der Waals surface area contributed by atoms with Crippen LogP contribution in [0.1, 0.15) is 15.9 Å². The summed E-state index contributed by atoms with van der Waals surface area (Å²) >= 11 is 0. The van der Waals surface area contributed by atoms with Crippen molar-refractivity contribution in [3.05, 3.63) is 84.2 Å². The van der Waals surface area contributed by atoms with Crippen LogP contribution in [0.3, 0.4) is 0 Å². The first-order chi connectivity index (χ1) is 11.7. The molecule has 0 saturated heterocycles. The van der Waals surface area contributed by atoms with Crippen LogP contribution < -0.4 is 4.74 Å². The number of benzene rings is 2. The summed E-state index contributed by atoms with van der Waals surface area (Å²) in [6.45, 7) is 2.02. The van der Waals surface area contributed by atoms with Gasteiger partial charge in [0, 0.05) is 12.4 Å². The zero-order valence-electron chi connectivity index (χ0n) is 13.1. The summed E-state index contributed by atoms with van der Waals surface area (Å²) in [6.07, 6.45) is 3.07. The molecular formula is C19H15N3O2. The molecule has 0 aliphatic heterocycles. The molecule has 5 nitrogen and oxygen atoms in total. The van der Waals surface area contributed by atoms with Crippen molar-refractivity contribution in [1.82, 2.24) is 4.98 Å². The Hall–Kier alpha value is -3.34. The number of aromatic nitrogens is 1. The molecule has 1 heterocycles. The maximum absolute atomic E-state index is 11.9. The van der Waals surface area contributed by atoms with Crippen LogP contribution in [0.15, 0.2) is 83.3 Å². The highest BCUT2D eigenvalue weighted by Gasteiger charge is 2.07. The van der Waals surface area contributed by atoms with Crippen LogP contribution in [0.25, 0.3) is 0 Å². The molecule has 24 heavy (non-hydrogen) atoms.